The van der Waals surface area contributed by atoms with E-state index in [1.807, 2.05) is 18.2 Å². The van der Waals surface area contributed by atoms with Crippen molar-refractivity contribution in [2.45, 2.75) is 6.42 Å². The van der Waals surface area contributed by atoms with Gasteiger partial charge in [0.05, 0.1) is 23.1 Å². The lowest BCUT2D eigenvalue weighted by atomic mass is 10.2. The average molecular weight is 454 g/mol. The van der Waals surface area contributed by atoms with Gasteiger partial charge in [0.1, 0.15) is 15.8 Å². The highest BCUT2D eigenvalue weighted by Crippen LogP contribution is 2.34. The molecule has 0 atom stereocenters. The molecule has 1 fully saturated rings. The molecule has 1 heterocycles. The Labute approximate surface area is 183 Å². The minimum atomic E-state index is -0.130. The first-order chi connectivity index (χ1) is 13.5. The Hall–Kier alpha value is -1.73. The quantitative estimate of drug-likeness (QED) is 0.306. The van der Waals surface area contributed by atoms with E-state index < -0.39 is 0 Å². The highest BCUT2D eigenvalue weighted by Gasteiger charge is 2.29. The number of likely N-dealkylation sites (N-methyl/N-ethyl adjacent to an activating group) is 1. The maximum Gasteiger partial charge on any atom is 0.265 e. The number of nitrogens with zero attached hydrogens (tertiary/aromatic N) is 1. The molecule has 8 heteroatoms. The molecule has 2 aromatic rings. The highest BCUT2D eigenvalue weighted by molar-refractivity contribution is 8.26. The molecular weight excluding hydrogens is 437 g/mol. The van der Waals surface area contributed by atoms with E-state index in [4.69, 9.17) is 44.9 Å². The molecular formula is C20H17Cl2NO3S2. The fraction of sp³-hybridized carbons (Fsp3) is 0.200. The maximum atomic E-state index is 12.2. The average Bonchev–Trinajstić information content (AvgIpc) is 2.91. The number of benzene rings is 2. The molecule has 0 saturated carbocycles. The van der Waals surface area contributed by atoms with Crippen LogP contribution in [-0.4, -0.2) is 35.4 Å². The molecule has 0 spiro atoms. The summed E-state index contributed by atoms with van der Waals surface area (Å²) in [6.07, 6.45) is 2.43. The molecule has 0 unspecified atom stereocenters. The smallest absolute Gasteiger partial charge is 0.265 e. The molecule has 1 aliphatic rings. The van der Waals surface area contributed by atoms with Crippen molar-refractivity contribution in [3.63, 3.8) is 0 Å². The van der Waals surface area contributed by atoms with Crippen molar-refractivity contribution in [1.82, 2.24) is 4.90 Å². The third-order valence-corrected chi connectivity index (χ3v) is 5.92. The number of ether oxygens (including phenoxy) is 2. The molecule has 0 aromatic heterocycles. The number of halogens is 2. The number of para-hydroxylation sites is 1. The van der Waals surface area contributed by atoms with Crippen molar-refractivity contribution >= 4 is 63.5 Å². The minimum absolute atomic E-state index is 0.130. The van der Waals surface area contributed by atoms with Gasteiger partial charge in [-0.1, -0.05) is 59.3 Å². The molecule has 4 nitrogen and oxygen atoms in total. The molecule has 1 amide bonds. The minimum Gasteiger partial charge on any atom is -0.493 e. The summed E-state index contributed by atoms with van der Waals surface area (Å²) in [6, 6.07) is 12.6. The van der Waals surface area contributed by atoms with Crippen LogP contribution in [0.2, 0.25) is 10.0 Å². The molecule has 146 valence electrons. The zero-order valence-electron chi connectivity index (χ0n) is 15.0. The standard InChI is InChI=1S/C20H17Cl2NO3S2/c1-23-19(24)18(28-20(23)27)12-13-11-14(21)7-8-16(13)25-9-4-10-26-17-6-3-2-5-15(17)22/h2-3,5-8,11-12H,4,9-10H2,1H3/b18-12-. The lowest BCUT2D eigenvalue weighted by molar-refractivity contribution is -0.121. The van der Waals surface area contributed by atoms with Crippen LogP contribution in [0.15, 0.2) is 47.4 Å². The van der Waals surface area contributed by atoms with Gasteiger partial charge in [0.15, 0.2) is 0 Å². The summed E-state index contributed by atoms with van der Waals surface area (Å²) in [5, 5.41) is 1.14. The van der Waals surface area contributed by atoms with Gasteiger partial charge in [-0.3, -0.25) is 9.69 Å². The van der Waals surface area contributed by atoms with Gasteiger partial charge in [0.25, 0.3) is 5.91 Å². The van der Waals surface area contributed by atoms with E-state index in [2.05, 4.69) is 0 Å². The van der Waals surface area contributed by atoms with Crippen molar-refractivity contribution in [3.05, 3.63) is 63.0 Å². The van der Waals surface area contributed by atoms with E-state index in [9.17, 15) is 4.79 Å². The number of carbonyl (C=O) groups is 1. The van der Waals surface area contributed by atoms with Crippen molar-refractivity contribution in [3.8, 4) is 11.5 Å². The van der Waals surface area contributed by atoms with Gasteiger partial charge in [-0.2, -0.15) is 0 Å². The van der Waals surface area contributed by atoms with Crippen LogP contribution in [0.1, 0.15) is 12.0 Å². The van der Waals surface area contributed by atoms with Gasteiger partial charge in [0, 0.05) is 24.1 Å². The van der Waals surface area contributed by atoms with Crippen LogP contribution in [0.3, 0.4) is 0 Å². The lowest BCUT2D eigenvalue weighted by Gasteiger charge is -2.11. The maximum absolute atomic E-state index is 12.2. The molecule has 28 heavy (non-hydrogen) atoms. The van der Waals surface area contributed by atoms with Gasteiger partial charge >= 0.3 is 0 Å². The topological polar surface area (TPSA) is 38.8 Å². The summed E-state index contributed by atoms with van der Waals surface area (Å²) in [7, 11) is 1.66. The van der Waals surface area contributed by atoms with Gasteiger partial charge in [-0.05, 0) is 36.4 Å². The first kappa shape index (κ1) is 21.0. The Morgan fingerprint density at radius 3 is 2.50 bits per heavy atom. The van der Waals surface area contributed by atoms with Gasteiger partial charge in [-0.25, -0.2) is 0 Å². The normalized spacial score (nSPS) is 15.4. The summed E-state index contributed by atoms with van der Waals surface area (Å²) >= 11 is 18.6. The second-order valence-electron chi connectivity index (χ2n) is 5.90. The van der Waals surface area contributed by atoms with Crippen LogP contribution in [0.25, 0.3) is 6.08 Å². The van der Waals surface area contributed by atoms with E-state index in [1.54, 1.807) is 37.4 Å². The zero-order valence-corrected chi connectivity index (χ0v) is 18.1. The molecule has 0 bridgehead atoms. The summed E-state index contributed by atoms with van der Waals surface area (Å²) in [5.74, 6) is 1.16. The molecule has 0 radical (unpaired) electrons. The Bertz CT molecular complexity index is 933. The first-order valence-electron chi connectivity index (χ1n) is 8.47. The molecule has 3 rings (SSSR count). The van der Waals surface area contributed by atoms with Crippen LogP contribution >= 0.6 is 47.2 Å². The number of carbonyl (C=O) groups excluding carboxylic acids is 1. The van der Waals surface area contributed by atoms with Crippen LogP contribution in [0.4, 0.5) is 0 Å². The van der Waals surface area contributed by atoms with Crippen LogP contribution in [-0.2, 0) is 4.79 Å². The second-order valence-corrected chi connectivity index (χ2v) is 8.42. The van der Waals surface area contributed by atoms with E-state index in [0.29, 0.717) is 50.4 Å². The number of hydrogen-bond donors (Lipinski definition) is 0. The molecule has 2 aromatic carbocycles. The fourth-order valence-electron chi connectivity index (χ4n) is 2.44. The first-order valence-corrected chi connectivity index (χ1v) is 10.4. The predicted octanol–water partition coefficient (Wildman–Crippen LogP) is 5.67. The van der Waals surface area contributed by atoms with Gasteiger partial charge in [0.2, 0.25) is 0 Å². The van der Waals surface area contributed by atoms with Crippen molar-refractivity contribution in [1.29, 1.82) is 0 Å². The molecule has 0 N–H and O–H groups in total. The largest absolute Gasteiger partial charge is 0.493 e. The van der Waals surface area contributed by atoms with E-state index in [0.717, 1.165) is 5.56 Å². The Balaban J connectivity index is 1.61. The summed E-state index contributed by atoms with van der Waals surface area (Å²) in [6.45, 7) is 0.919. The third-order valence-electron chi connectivity index (χ3n) is 3.89. The fourth-order valence-corrected chi connectivity index (χ4v) is 3.98. The van der Waals surface area contributed by atoms with Crippen LogP contribution in [0, 0.1) is 0 Å². The third kappa shape index (κ3) is 5.20. The number of thiocarbonyl (C=S) groups is 1. The van der Waals surface area contributed by atoms with Crippen LogP contribution < -0.4 is 9.47 Å². The van der Waals surface area contributed by atoms with Crippen molar-refractivity contribution in [2.24, 2.45) is 0 Å². The summed E-state index contributed by atoms with van der Waals surface area (Å²) in [5.41, 5.74) is 0.730. The van der Waals surface area contributed by atoms with E-state index in [-0.39, 0.29) is 5.91 Å². The molecule has 1 saturated heterocycles. The SMILES string of the molecule is CN1C(=O)/C(=C/c2cc(Cl)ccc2OCCCOc2ccccc2Cl)SC1=S. The molecule has 1 aliphatic heterocycles. The summed E-state index contributed by atoms with van der Waals surface area (Å²) in [4.78, 5) is 14.2. The Kier molecular flexibility index (Phi) is 7.24. The van der Waals surface area contributed by atoms with E-state index in [1.165, 1.54) is 16.7 Å². The summed E-state index contributed by atoms with van der Waals surface area (Å²) < 4.78 is 12.1. The highest BCUT2D eigenvalue weighted by atomic mass is 35.5. The lowest BCUT2D eigenvalue weighted by Crippen LogP contribution is -2.22. The number of amides is 1. The van der Waals surface area contributed by atoms with Gasteiger partial charge < -0.3 is 9.47 Å². The molecule has 0 aliphatic carbocycles. The Morgan fingerprint density at radius 1 is 1.11 bits per heavy atom. The Morgan fingerprint density at radius 2 is 1.82 bits per heavy atom. The van der Waals surface area contributed by atoms with Gasteiger partial charge in [-0.15, -0.1) is 0 Å². The van der Waals surface area contributed by atoms with Crippen LogP contribution in [0.5, 0.6) is 11.5 Å². The van der Waals surface area contributed by atoms with Crippen molar-refractivity contribution < 1.29 is 14.3 Å². The number of hydrogen-bond acceptors (Lipinski definition) is 5. The predicted molar refractivity (Wildman–Crippen MR) is 119 cm³/mol. The monoisotopic (exact) mass is 453 g/mol. The zero-order chi connectivity index (χ0) is 20.1. The number of thioether (sulfide) groups is 1. The van der Waals surface area contributed by atoms with Crippen molar-refractivity contribution in [2.75, 3.05) is 20.3 Å². The van der Waals surface area contributed by atoms with E-state index >= 15 is 0 Å². The second kappa shape index (κ2) is 9.65. The number of rotatable bonds is 7.